The summed E-state index contributed by atoms with van der Waals surface area (Å²) in [6, 6.07) is 6.22. The van der Waals surface area contributed by atoms with Gasteiger partial charge in [0.05, 0.1) is 0 Å². The summed E-state index contributed by atoms with van der Waals surface area (Å²) in [5.41, 5.74) is 1.60. The SMILES string of the molecule is Br.CN1C=CC(c2ccc(F)cc2)C(=C=O)C1. The van der Waals surface area contributed by atoms with E-state index in [1.165, 1.54) is 12.1 Å². The van der Waals surface area contributed by atoms with Crippen molar-refractivity contribution in [3.8, 4) is 0 Å². The predicted molar refractivity (Wildman–Crippen MR) is 70.4 cm³/mol. The Kier molecular flexibility index (Phi) is 4.67. The van der Waals surface area contributed by atoms with E-state index in [2.05, 4.69) is 0 Å². The van der Waals surface area contributed by atoms with Gasteiger partial charge >= 0.3 is 0 Å². The second kappa shape index (κ2) is 5.80. The van der Waals surface area contributed by atoms with E-state index in [1.54, 1.807) is 12.1 Å². The van der Waals surface area contributed by atoms with Gasteiger partial charge in [0.2, 0.25) is 0 Å². The fraction of sp³-hybridized carbons (Fsp3) is 0.231. The zero-order valence-corrected chi connectivity index (χ0v) is 11.1. The lowest BCUT2D eigenvalue weighted by Crippen LogP contribution is -2.22. The molecule has 0 aliphatic carbocycles. The number of hydrogen-bond donors (Lipinski definition) is 0. The van der Waals surface area contributed by atoms with Crippen LogP contribution in [0.15, 0.2) is 42.1 Å². The van der Waals surface area contributed by atoms with Gasteiger partial charge in [0.25, 0.3) is 0 Å². The van der Waals surface area contributed by atoms with Crippen molar-refractivity contribution in [3.05, 3.63) is 53.5 Å². The first-order chi connectivity index (χ1) is 7.70. The minimum Gasteiger partial charge on any atom is -0.376 e. The first kappa shape index (κ1) is 13.7. The van der Waals surface area contributed by atoms with Gasteiger partial charge in [-0.25, -0.2) is 9.18 Å². The molecule has 1 unspecified atom stereocenters. The van der Waals surface area contributed by atoms with Gasteiger partial charge in [-0.15, -0.1) is 17.0 Å². The summed E-state index contributed by atoms with van der Waals surface area (Å²) in [7, 11) is 1.90. The monoisotopic (exact) mass is 297 g/mol. The first-order valence-corrected chi connectivity index (χ1v) is 5.08. The maximum atomic E-state index is 12.8. The number of likely N-dealkylation sites (N-methyl/N-ethyl adjacent to an activating group) is 1. The van der Waals surface area contributed by atoms with Gasteiger partial charge in [-0.05, 0) is 23.9 Å². The van der Waals surface area contributed by atoms with Crippen molar-refractivity contribution in [1.29, 1.82) is 0 Å². The Morgan fingerprint density at radius 3 is 2.59 bits per heavy atom. The molecule has 0 bridgehead atoms. The molecule has 2 rings (SSSR count). The molecule has 0 radical (unpaired) electrons. The maximum absolute atomic E-state index is 12.8. The van der Waals surface area contributed by atoms with Gasteiger partial charge in [0.15, 0.2) is 0 Å². The number of halogens is 2. The van der Waals surface area contributed by atoms with E-state index in [1.807, 2.05) is 30.2 Å². The molecule has 0 N–H and O–H groups in total. The van der Waals surface area contributed by atoms with Gasteiger partial charge in [0.1, 0.15) is 11.8 Å². The predicted octanol–water partition coefficient (Wildman–Crippen LogP) is 2.70. The number of nitrogens with zero attached hydrogens (tertiary/aromatic N) is 1. The molecule has 1 aromatic rings. The molecule has 2 nitrogen and oxygen atoms in total. The number of allylic oxidation sites excluding steroid dienone is 1. The molecule has 0 amide bonds. The maximum Gasteiger partial charge on any atom is 0.126 e. The van der Waals surface area contributed by atoms with Crippen molar-refractivity contribution in [1.82, 2.24) is 4.90 Å². The largest absolute Gasteiger partial charge is 0.376 e. The number of hydrogen-bond acceptors (Lipinski definition) is 2. The van der Waals surface area contributed by atoms with Crippen LogP contribution in [-0.4, -0.2) is 24.4 Å². The van der Waals surface area contributed by atoms with E-state index in [9.17, 15) is 9.18 Å². The smallest absolute Gasteiger partial charge is 0.126 e. The van der Waals surface area contributed by atoms with Gasteiger partial charge in [-0.1, -0.05) is 18.2 Å². The molecular formula is C13H13BrFNO. The van der Waals surface area contributed by atoms with Crippen LogP contribution in [0.25, 0.3) is 0 Å². The van der Waals surface area contributed by atoms with E-state index in [4.69, 9.17) is 0 Å². The Morgan fingerprint density at radius 1 is 1.35 bits per heavy atom. The molecule has 1 aliphatic heterocycles. The second-order valence-corrected chi connectivity index (χ2v) is 3.91. The molecule has 0 spiro atoms. The summed E-state index contributed by atoms with van der Waals surface area (Å²) in [5, 5.41) is 0. The highest BCUT2D eigenvalue weighted by Gasteiger charge is 2.19. The molecular weight excluding hydrogens is 285 g/mol. The van der Waals surface area contributed by atoms with Crippen molar-refractivity contribution in [2.45, 2.75) is 5.92 Å². The van der Waals surface area contributed by atoms with E-state index >= 15 is 0 Å². The second-order valence-electron chi connectivity index (χ2n) is 3.91. The van der Waals surface area contributed by atoms with Crippen LogP contribution in [0.3, 0.4) is 0 Å². The number of carbonyl (C=O) groups excluding carboxylic acids is 1. The standard InChI is InChI=1S/C13H12FNO.BrH/c1-15-7-6-13(11(8-15)9-16)10-2-4-12(14)5-3-10;/h2-7,13H,8H2,1H3;1H. The first-order valence-electron chi connectivity index (χ1n) is 5.08. The van der Waals surface area contributed by atoms with Gasteiger partial charge in [-0.2, -0.15) is 0 Å². The fourth-order valence-corrected chi connectivity index (χ4v) is 1.85. The Morgan fingerprint density at radius 2 is 2.00 bits per heavy atom. The van der Waals surface area contributed by atoms with Crippen molar-refractivity contribution >= 4 is 22.9 Å². The highest BCUT2D eigenvalue weighted by molar-refractivity contribution is 8.93. The van der Waals surface area contributed by atoms with E-state index in [0.29, 0.717) is 12.1 Å². The minimum atomic E-state index is -0.266. The molecule has 1 aliphatic rings. The molecule has 0 saturated heterocycles. The molecule has 90 valence electrons. The third-order valence-electron chi connectivity index (χ3n) is 2.69. The summed E-state index contributed by atoms with van der Waals surface area (Å²) in [4.78, 5) is 12.8. The van der Waals surface area contributed by atoms with Crippen molar-refractivity contribution < 1.29 is 9.18 Å². The van der Waals surface area contributed by atoms with Crippen LogP contribution in [0.1, 0.15) is 11.5 Å². The third kappa shape index (κ3) is 3.05. The summed E-state index contributed by atoms with van der Waals surface area (Å²) in [6.45, 7) is 0.571. The summed E-state index contributed by atoms with van der Waals surface area (Å²) in [6.07, 6.45) is 3.85. The fourth-order valence-electron chi connectivity index (χ4n) is 1.85. The van der Waals surface area contributed by atoms with E-state index < -0.39 is 0 Å². The normalized spacial score (nSPS) is 18.6. The minimum absolute atomic E-state index is 0. The van der Waals surface area contributed by atoms with Crippen LogP contribution in [0, 0.1) is 5.82 Å². The molecule has 1 heterocycles. The van der Waals surface area contributed by atoms with Crippen LogP contribution in [0.5, 0.6) is 0 Å². The zero-order chi connectivity index (χ0) is 11.5. The van der Waals surface area contributed by atoms with Gasteiger partial charge < -0.3 is 4.90 Å². The highest BCUT2D eigenvalue weighted by Crippen LogP contribution is 2.28. The zero-order valence-electron chi connectivity index (χ0n) is 9.39. The average Bonchev–Trinajstić information content (AvgIpc) is 2.30. The number of rotatable bonds is 1. The lowest BCUT2D eigenvalue weighted by atomic mass is 9.90. The topological polar surface area (TPSA) is 20.3 Å². The van der Waals surface area contributed by atoms with Crippen LogP contribution in [0.4, 0.5) is 4.39 Å². The molecule has 1 aromatic carbocycles. The summed E-state index contributed by atoms with van der Waals surface area (Å²) < 4.78 is 12.8. The summed E-state index contributed by atoms with van der Waals surface area (Å²) >= 11 is 0. The van der Waals surface area contributed by atoms with Gasteiger partial charge in [-0.3, -0.25) is 0 Å². The molecule has 4 heteroatoms. The molecule has 0 fully saturated rings. The summed E-state index contributed by atoms with van der Waals surface area (Å²) in [5.74, 6) is 1.64. The van der Waals surface area contributed by atoms with Crippen LogP contribution >= 0.6 is 17.0 Å². The highest BCUT2D eigenvalue weighted by atomic mass is 79.9. The average molecular weight is 298 g/mol. The lowest BCUT2D eigenvalue weighted by molar-refractivity contribution is 0.466. The van der Waals surface area contributed by atoms with E-state index in [0.717, 1.165) is 5.56 Å². The lowest BCUT2D eigenvalue weighted by Gasteiger charge is -2.25. The Hall–Kier alpha value is -1.38. The van der Waals surface area contributed by atoms with Crippen molar-refractivity contribution in [2.24, 2.45) is 0 Å². The Bertz CT molecular complexity index is 463. The Balaban J connectivity index is 0.00000144. The van der Waals surface area contributed by atoms with Crippen LogP contribution in [-0.2, 0) is 4.79 Å². The van der Waals surface area contributed by atoms with Crippen LogP contribution < -0.4 is 0 Å². The van der Waals surface area contributed by atoms with Crippen molar-refractivity contribution in [3.63, 3.8) is 0 Å². The quantitative estimate of drug-likeness (QED) is 0.743. The third-order valence-corrected chi connectivity index (χ3v) is 2.69. The molecule has 0 saturated carbocycles. The van der Waals surface area contributed by atoms with Crippen molar-refractivity contribution in [2.75, 3.05) is 13.6 Å². The number of benzene rings is 1. The molecule has 17 heavy (non-hydrogen) atoms. The Labute approximate surface area is 110 Å². The molecule has 0 aromatic heterocycles. The van der Waals surface area contributed by atoms with Gasteiger partial charge in [0, 0.05) is 25.1 Å². The van der Waals surface area contributed by atoms with Crippen LogP contribution in [0.2, 0.25) is 0 Å². The molecule has 1 atom stereocenters. The van der Waals surface area contributed by atoms with E-state index in [-0.39, 0.29) is 28.7 Å².